The minimum atomic E-state index is -0.352. The van der Waals surface area contributed by atoms with E-state index in [9.17, 15) is 5.11 Å². The minimum absolute atomic E-state index is 0.284. The summed E-state index contributed by atoms with van der Waals surface area (Å²) in [5, 5.41) is 13.3. The van der Waals surface area contributed by atoms with Crippen molar-refractivity contribution in [3.05, 3.63) is 0 Å². The average molecular weight is 241 g/mol. The van der Waals surface area contributed by atoms with Gasteiger partial charge in [0, 0.05) is 12.1 Å². The number of β-amino-alcohol motifs (C(OH)–C–C–N with tert-alkyl or cyclic N) is 1. The molecule has 3 nitrogen and oxygen atoms in total. The van der Waals surface area contributed by atoms with Gasteiger partial charge in [0.15, 0.2) is 0 Å². The Hall–Kier alpha value is -0.120. The van der Waals surface area contributed by atoms with Crippen LogP contribution in [0.25, 0.3) is 0 Å². The quantitative estimate of drug-likeness (QED) is 0.749. The lowest BCUT2D eigenvalue weighted by atomic mass is 9.78. The Morgan fingerprint density at radius 2 is 1.94 bits per heavy atom. The Morgan fingerprint density at radius 1 is 1.24 bits per heavy atom. The van der Waals surface area contributed by atoms with E-state index in [0.717, 1.165) is 0 Å². The number of aliphatic hydroxyl groups is 1. The maximum Gasteiger partial charge on any atom is 0.0898 e. The molecule has 3 heteroatoms. The second-order valence-corrected chi connectivity index (χ2v) is 6.04. The Morgan fingerprint density at radius 3 is 2.53 bits per heavy atom. The highest BCUT2D eigenvalue weighted by atomic mass is 16.5. The molecule has 2 fully saturated rings. The largest absolute Gasteiger partial charge is 0.389 e. The molecule has 2 aliphatic rings. The molecule has 0 aromatic carbocycles. The highest BCUT2D eigenvalue weighted by Gasteiger charge is 2.31. The first-order chi connectivity index (χ1) is 8.18. The molecule has 2 N–H and O–H groups in total. The first-order valence-electron chi connectivity index (χ1n) is 7.23. The van der Waals surface area contributed by atoms with E-state index in [1.807, 2.05) is 0 Å². The van der Waals surface area contributed by atoms with E-state index in [-0.39, 0.29) is 11.6 Å². The topological polar surface area (TPSA) is 41.5 Å². The van der Waals surface area contributed by atoms with Crippen LogP contribution in [0.1, 0.15) is 58.3 Å². The van der Waals surface area contributed by atoms with E-state index in [4.69, 9.17) is 4.74 Å². The Balaban J connectivity index is 1.55. The maximum absolute atomic E-state index is 9.88. The zero-order chi connectivity index (χ0) is 12.1. The first-order valence-corrected chi connectivity index (χ1v) is 7.23. The van der Waals surface area contributed by atoms with Crippen molar-refractivity contribution in [3.8, 4) is 0 Å². The monoisotopic (exact) mass is 241 g/mol. The van der Waals surface area contributed by atoms with Gasteiger partial charge in [0.2, 0.25) is 0 Å². The fourth-order valence-corrected chi connectivity index (χ4v) is 2.79. The van der Waals surface area contributed by atoms with Crippen LogP contribution in [0.15, 0.2) is 0 Å². The molecule has 0 heterocycles. The van der Waals surface area contributed by atoms with Crippen LogP contribution in [-0.2, 0) is 4.74 Å². The Bertz CT molecular complexity index is 222. The molecule has 0 radical (unpaired) electrons. The van der Waals surface area contributed by atoms with E-state index >= 15 is 0 Å². The van der Waals surface area contributed by atoms with Crippen LogP contribution in [0, 0.1) is 0 Å². The summed E-state index contributed by atoms with van der Waals surface area (Å²) < 4.78 is 5.77. The molecular weight excluding hydrogens is 214 g/mol. The third-order valence-electron chi connectivity index (χ3n) is 4.30. The molecule has 0 bridgehead atoms. The summed E-state index contributed by atoms with van der Waals surface area (Å²) in [7, 11) is 0. The van der Waals surface area contributed by atoms with Crippen molar-refractivity contribution in [2.45, 2.75) is 76.0 Å². The molecule has 0 aliphatic heterocycles. The van der Waals surface area contributed by atoms with Crippen LogP contribution in [0.3, 0.4) is 0 Å². The summed E-state index contributed by atoms with van der Waals surface area (Å²) in [6.45, 7) is 3.40. The van der Waals surface area contributed by atoms with Crippen molar-refractivity contribution in [3.63, 3.8) is 0 Å². The van der Waals surface area contributed by atoms with E-state index in [0.29, 0.717) is 19.3 Å². The Kier molecular flexibility index (Phi) is 4.83. The molecule has 100 valence electrons. The van der Waals surface area contributed by atoms with Crippen molar-refractivity contribution in [1.29, 1.82) is 0 Å². The van der Waals surface area contributed by atoms with Gasteiger partial charge < -0.3 is 15.2 Å². The van der Waals surface area contributed by atoms with Crippen molar-refractivity contribution in [2.24, 2.45) is 0 Å². The maximum atomic E-state index is 9.88. The van der Waals surface area contributed by atoms with Crippen molar-refractivity contribution in [2.75, 3.05) is 13.2 Å². The van der Waals surface area contributed by atoms with E-state index in [2.05, 4.69) is 12.2 Å². The van der Waals surface area contributed by atoms with Gasteiger partial charge in [-0.1, -0.05) is 19.3 Å². The summed E-state index contributed by atoms with van der Waals surface area (Å²) in [4.78, 5) is 0. The highest BCUT2D eigenvalue weighted by molar-refractivity contribution is 4.91. The molecule has 0 aromatic rings. The number of ether oxygens (including phenoxy) is 1. The second kappa shape index (κ2) is 6.17. The summed E-state index contributed by atoms with van der Waals surface area (Å²) >= 11 is 0. The molecule has 17 heavy (non-hydrogen) atoms. The SMILES string of the molecule is CC1(NCC(O)COC2CCCCC2)CCC1. The summed E-state index contributed by atoms with van der Waals surface area (Å²) in [6.07, 6.45) is 10.1. The summed E-state index contributed by atoms with van der Waals surface area (Å²) in [5.74, 6) is 0. The van der Waals surface area contributed by atoms with Crippen molar-refractivity contribution < 1.29 is 9.84 Å². The van der Waals surface area contributed by atoms with Crippen LogP contribution in [0.2, 0.25) is 0 Å². The van der Waals surface area contributed by atoms with Gasteiger partial charge >= 0.3 is 0 Å². The minimum Gasteiger partial charge on any atom is -0.389 e. The molecule has 1 atom stereocenters. The predicted octanol–water partition coefficient (Wildman–Crippen LogP) is 2.23. The van der Waals surface area contributed by atoms with Gasteiger partial charge in [-0.25, -0.2) is 0 Å². The standard InChI is InChI=1S/C14H27NO2/c1-14(8-5-9-14)15-10-12(16)11-17-13-6-3-2-4-7-13/h12-13,15-16H,2-11H2,1H3. The van der Waals surface area contributed by atoms with E-state index < -0.39 is 0 Å². The molecule has 2 rings (SSSR count). The van der Waals surface area contributed by atoms with Gasteiger partial charge in [-0.2, -0.15) is 0 Å². The zero-order valence-corrected chi connectivity index (χ0v) is 11.1. The van der Waals surface area contributed by atoms with Crippen LogP contribution in [0.4, 0.5) is 0 Å². The third-order valence-corrected chi connectivity index (χ3v) is 4.30. The van der Waals surface area contributed by atoms with Gasteiger partial charge in [-0.05, 0) is 39.0 Å². The number of hydrogen-bond donors (Lipinski definition) is 2. The third kappa shape index (κ3) is 4.23. The number of hydrogen-bond acceptors (Lipinski definition) is 3. The van der Waals surface area contributed by atoms with Gasteiger partial charge in [0.1, 0.15) is 0 Å². The molecule has 0 amide bonds. The Labute approximate surface area is 105 Å². The predicted molar refractivity (Wildman–Crippen MR) is 69.1 cm³/mol. The van der Waals surface area contributed by atoms with Crippen LogP contribution in [-0.4, -0.2) is 36.0 Å². The summed E-state index contributed by atoms with van der Waals surface area (Å²) in [6, 6.07) is 0. The average Bonchev–Trinajstić information content (AvgIpc) is 2.33. The molecule has 0 spiro atoms. The second-order valence-electron chi connectivity index (χ2n) is 6.04. The molecule has 2 saturated carbocycles. The first kappa shape index (κ1) is 13.3. The van der Waals surface area contributed by atoms with Crippen molar-refractivity contribution >= 4 is 0 Å². The van der Waals surface area contributed by atoms with Gasteiger partial charge in [-0.3, -0.25) is 0 Å². The number of rotatable bonds is 6. The lowest BCUT2D eigenvalue weighted by molar-refractivity contribution is -0.0261. The molecular formula is C14H27NO2. The van der Waals surface area contributed by atoms with Gasteiger partial charge in [0.05, 0.1) is 18.8 Å². The molecule has 1 unspecified atom stereocenters. The fourth-order valence-electron chi connectivity index (χ4n) is 2.79. The lowest BCUT2D eigenvalue weighted by Crippen LogP contribution is -2.51. The van der Waals surface area contributed by atoms with Gasteiger partial charge in [-0.15, -0.1) is 0 Å². The van der Waals surface area contributed by atoms with E-state index in [1.54, 1.807) is 0 Å². The molecule has 0 saturated heterocycles. The fraction of sp³-hybridized carbons (Fsp3) is 1.00. The van der Waals surface area contributed by atoms with Crippen LogP contribution < -0.4 is 5.32 Å². The molecule has 0 aromatic heterocycles. The zero-order valence-electron chi connectivity index (χ0n) is 11.1. The van der Waals surface area contributed by atoms with E-state index in [1.165, 1.54) is 51.4 Å². The number of aliphatic hydroxyl groups excluding tert-OH is 1. The molecule has 2 aliphatic carbocycles. The lowest BCUT2D eigenvalue weighted by Gasteiger charge is -2.40. The van der Waals surface area contributed by atoms with Crippen LogP contribution >= 0.6 is 0 Å². The van der Waals surface area contributed by atoms with Crippen molar-refractivity contribution in [1.82, 2.24) is 5.32 Å². The smallest absolute Gasteiger partial charge is 0.0898 e. The normalized spacial score (nSPS) is 26.5. The number of nitrogens with one attached hydrogen (secondary N) is 1. The van der Waals surface area contributed by atoms with Crippen LogP contribution in [0.5, 0.6) is 0 Å². The highest BCUT2D eigenvalue weighted by Crippen LogP contribution is 2.30. The summed E-state index contributed by atoms with van der Waals surface area (Å²) in [5.41, 5.74) is 0.284. The van der Waals surface area contributed by atoms with Gasteiger partial charge in [0.25, 0.3) is 0 Å².